The van der Waals surface area contributed by atoms with Gasteiger partial charge in [-0.15, -0.1) is 0 Å². The molecular weight excluding hydrogens is 725 g/mol. The molecule has 0 radical (unpaired) electrons. The summed E-state index contributed by atoms with van der Waals surface area (Å²) in [5, 5.41) is 5.17. The average molecular weight is 769 g/mol. The number of rotatable bonds is 5. The van der Waals surface area contributed by atoms with Gasteiger partial charge in [0.05, 0.1) is 11.4 Å². The molecule has 9 aromatic rings. The first kappa shape index (κ1) is 34.2. The van der Waals surface area contributed by atoms with Crippen molar-refractivity contribution < 1.29 is 0 Å². The van der Waals surface area contributed by atoms with Crippen molar-refractivity contribution in [1.29, 1.82) is 0 Å². The van der Waals surface area contributed by atoms with Crippen LogP contribution in [0, 0.1) is 23.7 Å². The summed E-state index contributed by atoms with van der Waals surface area (Å²) >= 11 is 0. The van der Waals surface area contributed by atoms with Crippen LogP contribution in [0.3, 0.4) is 0 Å². The molecule has 14 rings (SSSR count). The highest BCUT2D eigenvalue weighted by atomic mass is 14.9. The molecule has 1 spiro atoms. The van der Waals surface area contributed by atoms with Gasteiger partial charge in [-0.05, 0) is 140 Å². The van der Waals surface area contributed by atoms with E-state index in [1.54, 1.807) is 11.1 Å². The molecule has 5 aliphatic rings. The molecular formula is C58H44N2. The molecule has 4 fully saturated rings. The smallest absolute Gasteiger partial charge is 0.160 e. The van der Waals surface area contributed by atoms with Crippen LogP contribution in [0.25, 0.3) is 88.8 Å². The molecule has 5 aliphatic carbocycles. The predicted octanol–water partition coefficient (Wildman–Crippen LogP) is 14.8. The van der Waals surface area contributed by atoms with Gasteiger partial charge < -0.3 is 0 Å². The van der Waals surface area contributed by atoms with Crippen LogP contribution in [0.1, 0.15) is 43.2 Å². The zero-order chi connectivity index (χ0) is 39.4. The highest BCUT2D eigenvalue weighted by molar-refractivity contribution is 6.09. The second-order valence-electron chi connectivity index (χ2n) is 18.1. The van der Waals surface area contributed by atoms with Crippen molar-refractivity contribution >= 4 is 21.5 Å². The zero-order valence-electron chi connectivity index (χ0n) is 33.6. The molecule has 60 heavy (non-hydrogen) atoms. The largest absolute Gasteiger partial charge is 0.228 e. The van der Waals surface area contributed by atoms with Crippen molar-refractivity contribution in [3.63, 3.8) is 0 Å². The normalized spacial score (nSPS) is 22.1. The summed E-state index contributed by atoms with van der Waals surface area (Å²) < 4.78 is 0. The van der Waals surface area contributed by atoms with Crippen LogP contribution in [-0.2, 0) is 5.41 Å². The first-order valence-electron chi connectivity index (χ1n) is 22.0. The molecule has 0 saturated heterocycles. The maximum atomic E-state index is 5.32. The van der Waals surface area contributed by atoms with Gasteiger partial charge in [0.2, 0.25) is 0 Å². The van der Waals surface area contributed by atoms with Crippen LogP contribution in [-0.4, -0.2) is 9.97 Å². The zero-order valence-corrected chi connectivity index (χ0v) is 33.6. The van der Waals surface area contributed by atoms with Gasteiger partial charge in [0.25, 0.3) is 0 Å². The fourth-order valence-electron chi connectivity index (χ4n) is 12.8. The second kappa shape index (κ2) is 13.2. The average Bonchev–Trinajstić information content (AvgIpc) is 3.59. The minimum absolute atomic E-state index is 0.0956. The molecule has 0 unspecified atom stereocenters. The Hall–Kier alpha value is -6.64. The Kier molecular flexibility index (Phi) is 7.52. The van der Waals surface area contributed by atoms with E-state index in [2.05, 4.69) is 182 Å². The maximum absolute atomic E-state index is 5.32. The van der Waals surface area contributed by atoms with Crippen LogP contribution in [0.4, 0.5) is 0 Å². The van der Waals surface area contributed by atoms with E-state index in [1.807, 2.05) is 0 Å². The standard InChI is InChI=1S/C58H44N2/c1-3-12-38(13-4-1)39-22-24-40(25-23-39)54-35-55(60-57(59-54)41-14-5-2-6-15-41)49-27-26-48(46-18-9-10-19-47(46)49)50-20-11-21-52-56(50)51-33-42-16-7-8-17-43(42)34-53(51)58(52)44-29-36-28-37(31-44)32-45(58)30-36/h1-27,33-37,44-45H,28-32H2. The van der Waals surface area contributed by atoms with E-state index in [-0.39, 0.29) is 5.41 Å². The van der Waals surface area contributed by atoms with Crippen molar-refractivity contribution in [2.45, 2.75) is 37.5 Å². The lowest BCUT2D eigenvalue weighted by molar-refractivity contribution is -0.0398. The van der Waals surface area contributed by atoms with Gasteiger partial charge in [-0.25, -0.2) is 9.97 Å². The summed E-state index contributed by atoms with van der Waals surface area (Å²) in [6.45, 7) is 0. The first-order chi connectivity index (χ1) is 29.7. The summed E-state index contributed by atoms with van der Waals surface area (Å²) in [6.07, 6.45) is 6.97. The number of hydrogen-bond acceptors (Lipinski definition) is 2. The van der Waals surface area contributed by atoms with Crippen LogP contribution < -0.4 is 0 Å². The van der Waals surface area contributed by atoms with E-state index in [0.29, 0.717) is 11.8 Å². The molecule has 2 heteroatoms. The molecule has 8 aromatic carbocycles. The lowest BCUT2D eigenvalue weighted by atomic mass is 9.43. The minimum Gasteiger partial charge on any atom is -0.228 e. The first-order valence-corrected chi connectivity index (χ1v) is 22.0. The molecule has 286 valence electrons. The van der Waals surface area contributed by atoms with Crippen molar-refractivity contribution in [2.75, 3.05) is 0 Å². The van der Waals surface area contributed by atoms with Crippen molar-refractivity contribution in [3.05, 3.63) is 193 Å². The van der Waals surface area contributed by atoms with Gasteiger partial charge in [0.15, 0.2) is 5.82 Å². The quantitative estimate of drug-likeness (QED) is 0.174. The lowest BCUT2D eigenvalue weighted by Gasteiger charge is -2.61. The van der Waals surface area contributed by atoms with E-state index >= 15 is 0 Å². The van der Waals surface area contributed by atoms with Crippen LogP contribution in [0.5, 0.6) is 0 Å². The van der Waals surface area contributed by atoms with Gasteiger partial charge in [-0.1, -0.05) is 164 Å². The van der Waals surface area contributed by atoms with Gasteiger partial charge in [0.1, 0.15) is 0 Å². The molecule has 0 N–H and O–H groups in total. The summed E-state index contributed by atoms with van der Waals surface area (Å²) in [7, 11) is 0. The number of nitrogens with zero attached hydrogens (tertiary/aromatic N) is 2. The summed E-state index contributed by atoms with van der Waals surface area (Å²) in [4.78, 5) is 10.5. The van der Waals surface area contributed by atoms with E-state index in [9.17, 15) is 0 Å². The van der Waals surface area contributed by atoms with Crippen molar-refractivity contribution in [1.82, 2.24) is 9.97 Å². The third-order valence-corrected chi connectivity index (χ3v) is 15.1. The summed E-state index contributed by atoms with van der Waals surface area (Å²) in [5.41, 5.74) is 16.3. The molecule has 1 aromatic heterocycles. The molecule has 0 aliphatic heterocycles. The number of benzene rings is 8. The third kappa shape index (κ3) is 5.07. The Morgan fingerprint density at radius 2 is 0.933 bits per heavy atom. The summed E-state index contributed by atoms with van der Waals surface area (Å²) in [5.74, 6) is 3.97. The predicted molar refractivity (Wildman–Crippen MR) is 247 cm³/mol. The Labute approximate surface area is 351 Å². The fraction of sp³-hybridized carbons (Fsp3) is 0.172. The van der Waals surface area contributed by atoms with E-state index < -0.39 is 0 Å². The van der Waals surface area contributed by atoms with E-state index in [1.165, 1.54) is 87.0 Å². The summed E-state index contributed by atoms with van der Waals surface area (Å²) in [6, 6.07) is 67.1. The molecule has 4 saturated carbocycles. The molecule has 2 nitrogen and oxygen atoms in total. The third-order valence-electron chi connectivity index (χ3n) is 15.1. The number of fused-ring (bicyclic) bond motifs is 5. The highest BCUT2D eigenvalue weighted by Gasteiger charge is 2.61. The SMILES string of the molecule is c1ccc(-c2ccc(-c3cc(-c4ccc(-c5cccc6c5-c5cc7ccccc7cc5C65C6CC7CC(C6)CC5C7)c5ccccc45)nc(-c4ccccc4)n3)cc2)cc1. The van der Waals surface area contributed by atoms with Gasteiger partial charge in [0, 0.05) is 22.1 Å². The second-order valence-corrected chi connectivity index (χ2v) is 18.1. The molecule has 0 atom stereocenters. The molecule has 4 bridgehead atoms. The minimum atomic E-state index is 0.0956. The highest BCUT2D eigenvalue weighted by Crippen LogP contribution is 2.70. The van der Waals surface area contributed by atoms with Gasteiger partial charge in [-0.3, -0.25) is 0 Å². The van der Waals surface area contributed by atoms with E-state index in [4.69, 9.17) is 9.97 Å². The van der Waals surface area contributed by atoms with Crippen molar-refractivity contribution in [2.24, 2.45) is 23.7 Å². The maximum Gasteiger partial charge on any atom is 0.160 e. The van der Waals surface area contributed by atoms with Crippen molar-refractivity contribution in [3.8, 4) is 67.3 Å². The van der Waals surface area contributed by atoms with Crippen LogP contribution >= 0.6 is 0 Å². The van der Waals surface area contributed by atoms with Gasteiger partial charge in [-0.2, -0.15) is 0 Å². The monoisotopic (exact) mass is 768 g/mol. The molecule has 1 heterocycles. The lowest BCUT2D eigenvalue weighted by Crippen LogP contribution is -2.55. The topological polar surface area (TPSA) is 25.8 Å². The Morgan fingerprint density at radius 1 is 0.367 bits per heavy atom. The Balaban J connectivity index is 0.995. The number of aromatic nitrogens is 2. The Bertz CT molecular complexity index is 3120. The van der Waals surface area contributed by atoms with Crippen LogP contribution in [0.2, 0.25) is 0 Å². The van der Waals surface area contributed by atoms with Crippen LogP contribution in [0.15, 0.2) is 182 Å². The number of hydrogen-bond donors (Lipinski definition) is 0. The Morgan fingerprint density at radius 3 is 1.65 bits per heavy atom. The van der Waals surface area contributed by atoms with E-state index in [0.717, 1.165) is 45.7 Å². The fourth-order valence-corrected chi connectivity index (χ4v) is 12.8. The van der Waals surface area contributed by atoms with Gasteiger partial charge >= 0.3 is 0 Å². The molecule has 0 amide bonds.